The number of allylic oxidation sites excluding steroid dienone is 2. The molecule has 1 aromatic rings. The summed E-state index contributed by atoms with van der Waals surface area (Å²) in [6.07, 6.45) is 6.32. The van der Waals surface area contributed by atoms with Crippen molar-refractivity contribution in [1.82, 2.24) is 15.3 Å². The summed E-state index contributed by atoms with van der Waals surface area (Å²) >= 11 is 0. The average Bonchev–Trinajstić information content (AvgIpc) is 3.05. The van der Waals surface area contributed by atoms with Crippen LogP contribution in [0.1, 0.15) is 17.9 Å². The van der Waals surface area contributed by atoms with E-state index in [2.05, 4.69) is 15.3 Å². The maximum atomic E-state index is 12.4. The first-order valence-electron chi connectivity index (χ1n) is 7.03. The molecule has 1 saturated carbocycles. The van der Waals surface area contributed by atoms with Gasteiger partial charge in [-0.15, -0.1) is 0 Å². The zero-order valence-corrected chi connectivity index (χ0v) is 11.7. The predicted octanol–water partition coefficient (Wildman–Crippen LogP) is 0.924. The number of hydrogen-bond donors (Lipinski definition) is 2. The number of nitrogens with one attached hydrogen (secondary N) is 1. The molecule has 0 spiro atoms. The minimum Gasteiger partial charge on any atom is -0.481 e. The van der Waals surface area contributed by atoms with Gasteiger partial charge < -0.3 is 10.4 Å². The van der Waals surface area contributed by atoms with E-state index in [1.165, 1.54) is 0 Å². The fourth-order valence-corrected chi connectivity index (χ4v) is 3.42. The van der Waals surface area contributed by atoms with Gasteiger partial charge in [0.2, 0.25) is 5.91 Å². The van der Waals surface area contributed by atoms with Crippen molar-refractivity contribution in [2.24, 2.45) is 23.7 Å². The predicted molar refractivity (Wildman–Crippen MR) is 74.0 cm³/mol. The number of rotatable bonds is 4. The Kier molecular flexibility index (Phi) is 3.45. The van der Waals surface area contributed by atoms with Gasteiger partial charge in [-0.05, 0) is 31.2 Å². The third kappa shape index (κ3) is 2.53. The SMILES string of the molecule is Cc1nccc(CNC(=O)C2C3C=CC(C3)C2C(=O)O)n1. The number of carbonyl (C=O) groups is 2. The zero-order valence-electron chi connectivity index (χ0n) is 11.7. The maximum Gasteiger partial charge on any atom is 0.307 e. The van der Waals surface area contributed by atoms with Gasteiger partial charge in [-0.1, -0.05) is 12.2 Å². The summed E-state index contributed by atoms with van der Waals surface area (Å²) in [5.74, 6) is -1.48. The van der Waals surface area contributed by atoms with E-state index < -0.39 is 17.8 Å². The second-order valence-electron chi connectivity index (χ2n) is 5.65. The molecule has 1 heterocycles. The van der Waals surface area contributed by atoms with Crippen LogP contribution in [0.2, 0.25) is 0 Å². The van der Waals surface area contributed by atoms with Crippen LogP contribution >= 0.6 is 0 Å². The molecule has 110 valence electrons. The van der Waals surface area contributed by atoms with Crippen molar-refractivity contribution in [2.75, 3.05) is 0 Å². The van der Waals surface area contributed by atoms with Gasteiger partial charge in [0.25, 0.3) is 0 Å². The van der Waals surface area contributed by atoms with E-state index in [-0.39, 0.29) is 17.7 Å². The van der Waals surface area contributed by atoms with Crippen molar-refractivity contribution in [1.29, 1.82) is 0 Å². The van der Waals surface area contributed by atoms with E-state index >= 15 is 0 Å². The van der Waals surface area contributed by atoms with Gasteiger partial charge in [-0.3, -0.25) is 9.59 Å². The highest BCUT2D eigenvalue weighted by Crippen LogP contribution is 2.48. The molecule has 0 aromatic carbocycles. The van der Waals surface area contributed by atoms with Crippen LogP contribution in [0.5, 0.6) is 0 Å². The van der Waals surface area contributed by atoms with Crippen LogP contribution in [0.3, 0.4) is 0 Å². The summed E-state index contributed by atoms with van der Waals surface area (Å²) in [7, 11) is 0. The Morgan fingerprint density at radius 2 is 2.05 bits per heavy atom. The van der Waals surface area contributed by atoms with Gasteiger partial charge in [-0.2, -0.15) is 0 Å². The highest BCUT2D eigenvalue weighted by molar-refractivity contribution is 5.86. The third-order valence-electron chi connectivity index (χ3n) is 4.32. The Balaban J connectivity index is 1.68. The number of nitrogens with zero attached hydrogens (tertiary/aromatic N) is 2. The molecule has 6 heteroatoms. The van der Waals surface area contributed by atoms with E-state index in [9.17, 15) is 14.7 Å². The van der Waals surface area contributed by atoms with Crippen molar-refractivity contribution < 1.29 is 14.7 Å². The topological polar surface area (TPSA) is 92.2 Å². The van der Waals surface area contributed by atoms with Gasteiger partial charge in [0.05, 0.1) is 24.1 Å². The lowest BCUT2D eigenvalue weighted by Gasteiger charge is -2.23. The van der Waals surface area contributed by atoms with Crippen LogP contribution in [-0.4, -0.2) is 27.0 Å². The fourth-order valence-electron chi connectivity index (χ4n) is 3.42. The first-order chi connectivity index (χ1) is 10.1. The van der Waals surface area contributed by atoms with Crippen molar-refractivity contribution >= 4 is 11.9 Å². The molecule has 2 aliphatic rings. The van der Waals surface area contributed by atoms with E-state index in [0.29, 0.717) is 12.4 Å². The number of aryl methyl sites for hydroxylation is 1. The molecule has 2 N–H and O–H groups in total. The lowest BCUT2D eigenvalue weighted by Crippen LogP contribution is -2.40. The summed E-state index contributed by atoms with van der Waals surface area (Å²) in [6.45, 7) is 2.08. The van der Waals surface area contributed by atoms with E-state index in [0.717, 1.165) is 12.1 Å². The van der Waals surface area contributed by atoms with Crippen LogP contribution in [0.4, 0.5) is 0 Å². The first-order valence-corrected chi connectivity index (χ1v) is 7.03. The van der Waals surface area contributed by atoms with Crippen molar-refractivity contribution in [2.45, 2.75) is 19.9 Å². The van der Waals surface area contributed by atoms with Crippen LogP contribution in [-0.2, 0) is 16.1 Å². The molecule has 1 aromatic heterocycles. The van der Waals surface area contributed by atoms with E-state index in [1.807, 2.05) is 12.2 Å². The number of fused-ring (bicyclic) bond motifs is 2. The number of aliphatic carboxylic acids is 1. The molecule has 0 saturated heterocycles. The highest BCUT2D eigenvalue weighted by atomic mass is 16.4. The molecule has 0 radical (unpaired) electrons. The Hall–Kier alpha value is -2.24. The number of aromatic nitrogens is 2. The Labute approximate surface area is 122 Å². The lowest BCUT2D eigenvalue weighted by atomic mass is 9.82. The fraction of sp³-hybridized carbons (Fsp3) is 0.467. The molecular formula is C15H17N3O3. The second-order valence-corrected chi connectivity index (χ2v) is 5.65. The molecule has 0 aliphatic heterocycles. The van der Waals surface area contributed by atoms with Crippen LogP contribution in [0.15, 0.2) is 24.4 Å². The molecule has 6 nitrogen and oxygen atoms in total. The Bertz CT molecular complexity index is 614. The molecule has 2 bridgehead atoms. The summed E-state index contributed by atoms with van der Waals surface area (Å²) in [5, 5.41) is 12.2. The zero-order chi connectivity index (χ0) is 15.0. The molecule has 3 rings (SSSR count). The second kappa shape index (κ2) is 5.27. The van der Waals surface area contributed by atoms with Gasteiger partial charge >= 0.3 is 5.97 Å². The van der Waals surface area contributed by atoms with Crippen LogP contribution in [0, 0.1) is 30.6 Å². The molecule has 1 fully saturated rings. The van der Waals surface area contributed by atoms with Crippen molar-refractivity contribution in [3.8, 4) is 0 Å². The molecular weight excluding hydrogens is 270 g/mol. The van der Waals surface area contributed by atoms with Crippen LogP contribution in [0.25, 0.3) is 0 Å². The number of hydrogen-bond acceptors (Lipinski definition) is 4. The van der Waals surface area contributed by atoms with Gasteiger partial charge in [0.15, 0.2) is 0 Å². The number of carbonyl (C=O) groups excluding carboxylic acids is 1. The summed E-state index contributed by atoms with van der Waals surface area (Å²) in [6, 6.07) is 1.74. The minimum absolute atomic E-state index is 0.00968. The summed E-state index contributed by atoms with van der Waals surface area (Å²) in [5.41, 5.74) is 0.724. The average molecular weight is 287 g/mol. The first kappa shape index (κ1) is 13.7. The van der Waals surface area contributed by atoms with Crippen molar-refractivity contribution in [3.05, 3.63) is 35.9 Å². The third-order valence-corrected chi connectivity index (χ3v) is 4.32. The molecule has 21 heavy (non-hydrogen) atoms. The monoisotopic (exact) mass is 287 g/mol. The Morgan fingerprint density at radius 3 is 2.71 bits per heavy atom. The molecule has 4 atom stereocenters. The normalized spacial score (nSPS) is 29.6. The minimum atomic E-state index is -0.884. The van der Waals surface area contributed by atoms with E-state index in [1.54, 1.807) is 19.2 Å². The molecule has 1 amide bonds. The Morgan fingerprint density at radius 1 is 1.33 bits per heavy atom. The van der Waals surface area contributed by atoms with Crippen LogP contribution < -0.4 is 5.32 Å². The highest BCUT2D eigenvalue weighted by Gasteiger charge is 2.51. The maximum absolute atomic E-state index is 12.4. The number of carboxylic acids is 1. The quantitative estimate of drug-likeness (QED) is 0.803. The van der Waals surface area contributed by atoms with Crippen molar-refractivity contribution in [3.63, 3.8) is 0 Å². The standard InChI is InChI=1S/C15H17N3O3/c1-8-16-5-4-11(18-8)7-17-14(19)12-9-2-3-10(6-9)13(12)15(20)21/h2-5,9-10,12-13H,6-7H2,1H3,(H,17,19)(H,20,21). The number of carboxylic acid groups (broad SMARTS) is 1. The largest absolute Gasteiger partial charge is 0.481 e. The van der Waals surface area contributed by atoms with Gasteiger partial charge in [0.1, 0.15) is 5.82 Å². The summed E-state index contributed by atoms with van der Waals surface area (Å²) in [4.78, 5) is 32.0. The van der Waals surface area contributed by atoms with Gasteiger partial charge in [-0.25, -0.2) is 9.97 Å². The van der Waals surface area contributed by atoms with Gasteiger partial charge in [0, 0.05) is 6.20 Å². The molecule has 4 unspecified atom stereocenters. The van der Waals surface area contributed by atoms with E-state index in [4.69, 9.17) is 0 Å². The smallest absolute Gasteiger partial charge is 0.307 e. The lowest BCUT2D eigenvalue weighted by molar-refractivity contribution is -0.147. The summed E-state index contributed by atoms with van der Waals surface area (Å²) < 4.78 is 0. The number of amides is 1. The molecule has 2 aliphatic carbocycles.